The average Bonchev–Trinajstić information content (AvgIpc) is 3.05. The van der Waals surface area contributed by atoms with Crippen LogP contribution < -0.4 is 5.32 Å². The minimum atomic E-state index is -1.21. The summed E-state index contributed by atoms with van der Waals surface area (Å²) in [5.74, 6) is -0.436. The number of hydrogen-bond donors (Lipinski definition) is 2. The average molecular weight is 335 g/mol. The molecule has 1 atom stereocenters. The van der Waals surface area contributed by atoms with Gasteiger partial charge in [0, 0.05) is 25.4 Å². The van der Waals surface area contributed by atoms with Crippen LogP contribution in [0.2, 0.25) is 0 Å². The molecule has 128 valence electrons. The number of benzene rings is 2. The van der Waals surface area contributed by atoms with Crippen molar-refractivity contribution < 1.29 is 9.90 Å². The molecule has 0 aliphatic heterocycles. The van der Waals surface area contributed by atoms with Crippen LogP contribution >= 0.6 is 0 Å². The van der Waals surface area contributed by atoms with E-state index in [9.17, 15) is 9.90 Å². The lowest BCUT2D eigenvalue weighted by Crippen LogP contribution is -2.28. The summed E-state index contributed by atoms with van der Waals surface area (Å²) in [6.07, 6.45) is 1.90. The number of aliphatic hydroxyl groups excluding tert-OH is 1. The molecule has 2 aromatic carbocycles. The fraction of sp³-hybridized carbons (Fsp3) is 0.200. The van der Waals surface area contributed by atoms with Gasteiger partial charge in [-0.2, -0.15) is 5.10 Å². The first kappa shape index (κ1) is 16.9. The predicted octanol–water partition coefficient (Wildman–Crippen LogP) is 2.75. The second-order valence-electron chi connectivity index (χ2n) is 6.14. The van der Waals surface area contributed by atoms with E-state index >= 15 is 0 Å². The molecule has 0 bridgehead atoms. The Labute approximate surface area is 146 Å². The van der Waals surface area contributed by atoms with Gasteiger partial charge < -0.3 is 10.4 Å². The normalized spacial score (nSPS) is 12.0. The molecule has 0 radical (unpaired) electrons. The lowest BCUT2D eigenvalue weighted by Gasteiger charge is -2.11. The SMILES string of the molecule is Cc1cccc(-c2cccc(CNC(=O)[C@@H](O)c3cnn(C)c3)c2)c1. The van der Waals surface area contributed by atoms with Crippen LogP contribution in [0.25, 0.3) is 11.1 Å². The fourth-order valence-corrected chi connectivity index (χ4v) is 2.70. The van der Waals surface area contributed by atoms with Gasteiger partial charge in [-0.3, -0.25) is 9.48 Å². The molecule has 0 saturated heterocycles. The Morgan fingerprint density at radius 3 is 2.60 bits per heavy atom. The zero-order valence-corrected chi connectivity index (χ0v) is 14.3. The summed E-state index contributed by atoms with van der Waals surface area (Å²) in [7, 11) is 1.74. The Balaban J connectivity index is 1.67. The van der Waals surface area contributed by atoms with Crippen molar-refractivity contribution >= 4 is 5.91 Å². The largest absolute Gasteiger partial charge is 0.378 e. The van der Waals surface area contributed by atoms with Crippen molar-refractivity contribution in [1.82, 2.24) is 15.1 Å². The number of carbonyl (C=O) groups excluding carboxylic acids is 1. The molecule has 0 aliphatic carbocycles. The second-order valence-corrected chi connectivity index (χ2v) is 6.14. The standard InChI is InChI=1S/C20H21N3O2/c1-14-5-3-7-16(9-14)17-8-4-6-15(10-17)11-21-20(25)19(24)18-12-22-23(2)13-18/h3-10,12-13,19,24H,11H2,1-2H3,(H,21,25)/t19-/m0/s1. The zero-order chi connectivity index (χ0) is 17.8. The number of hydrogen-bond acceptors (Lipinski definition) is 3. The molecule has 3 rings (SSSR count). The minimum Gasteiger partial charge on any atom is -0.378 e. The van der Waals surface area contributed by atoms with E-state index in [1.54, 1.807) is 17.9 Å². The number of aryl methyl sites for hydroxylation is 2. The maximum absolute atomic E-state index is 12.1. The molecule has 2 N–H and O–H groups in total. The fourth-order valence-electron chi connectivity index (χ4n) is 2.70. The first-order valence-electron chi connectivity index (χ1n) is 8.13. The van der Waals surface area contributed by atoms with E-state index in [0.29, 0.717) is 12.1 Å². The number of amides is 1. The summed E-state index contributed by atoms with van der Waals surface area (Å²) in [6.45, 7) is 2.42. The van der Waals surface area contributed by atoms with Crippen LogP contribution in [0.4, 0.5) is 0 Å². The molecule has 25 heavy (non-hydrogen) atoms. The monoisotopic (exact) mass is 335 g/mol. The highest BCUT2D eigenvalue weighted by molar-refractivity contribution is 5.81. The number of nitrogens with one attached hydrogen (secondary N) is 1. The molecule has 0 unspecified atom stereocenters. The van der Waals surface area contributed by atoms with Gasteiger partial charge in [-0.1, -0.05) is 48.0 Å². The molecule has 5 heteroatoms. The molecular weight excluding hydrogens is 314 g/mol. The minimum absolute atomic E-state index is 0.357. The third kappa shape index (κ3) is 4.14. The lowest BCUT2D eigenvalue weighted by molar-refractivity contribution is -0.129. The van der Waals surface area contributed by atoms with Crippen molar-refractivity contribution in [3.8, 4) is 11.1 Å². The number of nitrogens with zero attached hydrogens (tertiary/aromatic N) is 2. The summed E-state index contributed by atoms with van der Waals surface area (Å²) >= 11 is 0. The maximum atomic E-state index is 12.1. The Morgan fingerprint density at radius 2 is 1.92 bits per heavy atom. The van der Waals surface area contributed by atoms with Crippen molar-refractivity contribution in [3.63, 3.8) is 0 Å². The van der Waals surface area contributed by atoms with Gasteiger partial charge in [0.15, 0.2) is 6.10 Å². The van der Waals surface area contributed by atoms with Crippen molar-refractivity contribution in [1.29, 1.82) is 0 Å². The summed E-state index contributed by atoms with van der Waals surface area (Å²) in [5.41, 5.74) is 4.90. The van der Waals surface area contributed by atoms with E-state index in [4.69, 9.17) is 0 Å². The van der Waals surface area contributed by atoms with Crippen LogP contribution in [0.1, 0.15) is 22.8 Å². The third-order valence-electron chi connectivity index (χ3n) is 4.03. The van der Waals surface area contributed by atoms with E-state index in [2.05, 4.69) is 35.5 Å². The molecule has 0 spiro atoms. The van der Waals surface area contributed by atoms with Gasteiger partial charge in [0.05, 0.1) is 6.20 Å². The smallest absolute Gasteiger partial charge is 0.253 e. The zero-order valence-electron chi connectivity index (χ0n) is 14.3. The molecule has 0 saturated carbocycles. The van der Waals surface area contributed by atoms with Crippen molar-refractivity contribution in [2.75, 3.05) is 0 Å². The molecule has 1 heterocycles. The van der Waals surface area contributed by atoms with Gasteiger partial charge in [-0.05, 0) is 29.7 Å². The molecule has 1 aromatic heterocycles. The molecule has 5 nitrogen and oxygen atoms in total. The maximum Gasteiger partial charge on any atom is 0.253 e. The van der Waals surface area contributed by atoms with Crippen LogP contribution in [0, 0.1) is 6.92 Å². The van der Waals surface area contributed by atoms with E-state index < -0.39 is 12.0 Å². The summed E-state index contributed by atoms with van der Waals surface area (Å²) in [4.78, 5) is 12.1. The Morgan fingerprint density at radius 1 is 1.20 bits per heavy atom. The van der Waals surface area contributed by atoms with Crippen LogP contribution in [-0.4, -0.2) is 20.8 Å². The highest BCUT2D eigenvalue weighted by Crippen LogP contribution is 2.21. The van der Waals surface area contributed by atoms with Crippen LogP contribution in [0.5, 0.6) is 0 Å². The topological polar surface area (TPSA) is 67.2 Å². The van der Waals surface area contributed by atoms with Crippen LogP contribution in [-0.2, 0) is 18.4 Å². The first-order valence-corrected chi connectivity index (χ1v) is 8.13. The number of aliphatic hydroxyl groups is 1. The highest BCUT2D eigenvalue weighted by Gasteiger charge is 2.18. The van der Waals surface area contributed by atoms with Gasteiger partial charge >= 0.3 is 0 Å². The van der Waals surface area contributed by atoms with E-state index in [1.807, 2.05) is 30.3 Å². The van der Waals surface area contributed by atoms with Crippen LogP contribution in [0.15, 0.2) is 60.9 Å². The molecular formula is C20H21N3O2. The summed E-state index contributed by atoms with van der Waals surface area (Å²) < 4.78 is 1.55. The predicted molar refractivity (Wildman–Crippen MR) is 96.6 cm³/mol. The third-order valence-corrected chi connectivity index (χ3v) is 4.03. The van der Waals surface area contributed by atoms with Gasteiger partial charge in [0.25, 0.3) is 5.91 Å². The molecule has 1 amide bonds. The molecule has 0 aliphatic rings. The Bertz CT molecular complexity index is 886. The van der Waals surface area contributed by atoms with Gasteiger partial charge in [-0.25, -0.2) is 0 Å². The number of carbonyl (C=O) groups is 1. The highest BCUT2D eigenvalue weighted by atomic mass is 16.3. The van der Waals surface area contributed by atoms with Crippen molar-refractivity contribution in [2.24, 2.45) is 7.05 Å². The van der Waals surface area contributed by atoms with Gasteiger partial charge in [0.2, 0.25) is 0 Å². The van der Waals surface area contributed by atoms with E-state index in [1.165, 1.54) is 11.8 Å². The Kier molecular flexibility index (Phi) is 4.95. The van der Waals surface area contributed by atoms with E-state index in [-0.39, 0.29) is 0 Å². The summed E-state index contributed by atoms with van der Waals surface area (Å²) in [5, 5.41) is 16.8. The number of rotatable bonds is 5. The first-order chi connectivity index (χ1) is 12.0. The molecule has 3 aromatic rings. The summed E-state index contributed by atoms with van der Waals surface area (Å²) in [6, 6.07) is 16.3. The quantitative estimate of drug-likeness (QED) is 0.753. The Hall–Kier alpha value is -2.92. The number of aromatic nitrogens is 2. The second kappa shape index (κ2) is 7.32. The van der Waals surface area contributed by atoms with Gasteiger partial charge in [0.1, 0.15) is 0 Å². The van der Waals surface area contributed by atoms with E-state index in [0.717, 1.165) is 16.7 Å². The van der Waals surface area contributed by atoms with Crippen molar-refractivity contribution in [3.05, 3.63) is 77.6 Å². The van der Waals surface area contributed by atoms with Crippen molar-refractivity contribution in [2.45, 2.75) is 19.6 Å². The van der Waals surface area contributed by atoms with Crippen LogP contribution in [0.3, 0.4) is 0 Å². The van der Waals surface area contributed by atoms with Gasteiger partial charge in [-0.15, -0.1) is 0 Å². The molecule has 0 fully saturated rings. The lowest BCUT2D eigenvalue weighted by atomic mass is 10.0.